The van der Waals surface area contributed by atoms with E-state index in [1.165, 1.54) is 0 Å². The van der Waals surface area contributed by atoms with Crippen molar-refractivity contribution in [2.24, 2.45) is 0 Å². The van der Waals surface area contributed by atoms with Gasteiger partial charge in [-0.3, -0.25) is 16.8 Å². The summed E-state index contributed by atoms with van der Waals surface area (Å²) >= 11 is 0. The van der Waals surface area contributed by atoms with E-state index in [2.05, 4.69) is 0 Å². The number of rotatable bonds is 0. The summed E-state index contributed by atoms with van der Waals surface area (Å²) in [6.45, 7) is 0. The molecule has 1 radical (unpaired) electrons. The summed E-state index contributed by atoms with van der Waals surface area (Å²) in [6.07, 6.45) is 0. The molecule has 0 fully saturated rings. The van der Waals surface area contributed by atoms with Crippen LogP contribution in [0.25, 0.3) is 0 Å². The minimum absolute atomic E-state index is 0. The molecule has 12 heavy (non-hydrogen) atoms. The maximum Gasteiger partial charge on any atom is 2.00 e. The maximum atomic E-state index is 8.52. The van der Waals surface area contributed by atoms with Gasteiger partial charge in [-0.25, -0.2) is 0 Å². The second-order valence-corrected chi connectivity index (χ2v) is 2.45. The first-order valence-corrected chi connectivity index (χ1v) is 4.00. The molecule has 0 aromatic rings. The van der Waals surface area contributed by atoms with Crippen LogP contribution in [0.3, 0.4) is 0 Å². The van der Waals surface area contributed by atoms with Crippen LogP contribution in [-0.4, -0.2) is 35.0 Å². The van der Waals surface area contributed by atoms with Gasteiger partial charge in [0, 0.05) is 20.8 Å². The van der Waals surface area contributed by atoms with E-state index < -0.39 is 20.8 Å². The van der Waals surface area contributed by atoms with Crippen molar-refractivity contribution in [3.05, 3.63) is 0 Å². The fraction of sp³-hybridized carbons (Fsp3) is 0. The fourth-order valence-electron chi connectivity index (χ4n) is 0. The van der Waals surface area contributed by atoms with Gasteiger partial charge in [-0.2, -0.15) is 0 Å². The zero-order valence-electron chi connectivity index (χ0n) is 5.42. The molecule has 0 rings (SSSR count). The molecule has 0 heterocycles. The summed E-state index contributed by atoms with van der Waals surface area (Å²) in [5, 5.41) is 0. The first kappa shape index (κ1) is 23.6. The average molecular weight is 290 g/mol. The molecule has 0 aliphatic carbocycles. The fourth-order valence-corrected chi connectivity index (χ4v) is 0. The zero-order chi connectivity index (χ0) is 9.00. The van der Waals surface area contributed by atoms with Crippen LogP contribution in [0, 0.1) is 0 Å². The molecule has 71 valence electrons. The Morgan fingerprint density at radius 3 is 0.667 bits per heavy atom. The Morgan fingerprint density at radius 2 is 0.667 bits per heavy atom. The van der Waals surface area contributed by atoms with Crippen molar-refractivity contribution in [3.63, 3.8) is 0 Å². The summed E-state index contributed by atoms with van der Waals surface area (Å²) in [6, 6.07) is 0. The second-order valence-electron chi connectivity index (χ2n) is 0.816. The molecular formula is CoKO8S2-. The first-order valence-electron chi connectivity index (χ1n) is 1.33. The van der Waals surface area contributed by atoms with Crippen LogP contribution in [0.2, 0.25) is 0 Å². The van der Waals surface area contributed by atoms with Gasteiger partial charge in [-0.1, -0.05) is 0 Å². The molecule has 0 saturated heterocycles. The molecule has 0 aliphatic rings. The second kappa shape index (κ2) is 9.44. The molecule has 0 unspecified atom stereocenters. The van der Waals surface area contributed by atoms with Crippen LogP contribution < -0.4 is 51.4 Å². The summed E-state index contributed by atoms with van der Waals surface area (Å²) in [4.78, 5) is 0. The third-order valence-electron chi connectivity index (χ3n) is 0. The van der Waals surface area contributed by atoms with Crippen LogP contribution in [0.4, 0.5) is 0 Å². The van der Waals surface area contributed by atoms with E-state index in [0.29, 0.717) is 0 Å². The SMILES string of the molecule is O=S(=O)([O-])[O-].O=S(=O)([O-])[O-].[Co+2].[K+]. The van der Waals surface area contributed by atoms with Crippen LogP contribution in [0.1, 0.15) is 0 Å². The third kappa shape index (κ3) is 397. The molecule has 0 amide bonds. The van der Waals surface area contributed by atoms with Crippen molar-refractivity contribution in [1.29, 1.82) is 0 Å². The Kier molecular flexibility index (Phi) is 18.6. The summed E-state index contributed by atoms with van der Waals surface area (Å²) in [5.74, 6) is 0. The van der Waals surface area contributed by atoms with Gasteiger partial charge in [0.1, 0.15) is 0 Å². The quantitative estimate of drug-likeness (QED) is 0.242. The predicted molar refractivity (Wildman–Crippen MR) is 20.9 cm³/mol. The Morgan fingerprint density at radius 1 is 0.667 bits per heavy atom. The van der Waals surface area contributed by atoms with E-state index in [9.17, 15) is 0 Å². The van der Waals surface area contributed by atoms with Gasteiger partial charge >= 0.3 is 68.2 Å². The van der Waals surface area contributed by atoms with Crippen LogP contribution in [0.5, 0.6) is 0 Å². The molecule has 0 atom stereocenters. The van der Waals surface area contributed by atoms with Crippen molar-refractivity contribution in [2.45, 2.75) is 0 Å². The maximum absolute atomic E-state index is 8.52. The predicted octanol–water partition coefficient (Wildman–Crippen LogP) is -5.67. The normalized spacial score (nSPS) is 9.67. The average Bonchev–Trinajstić information content (AvgIpc) is 1.12. The molecular weight excluding hydrogens is 290 g/mol. The minimum atomic E-state index is -5.17. The van der Waals surface area contributed by atoms with Crippen LogP contribution in [-0.2, 0) is 37.6 Å². The van der Waals surface area contributed by atoms with Crippen LogP contribution >= 0.6 is 0 Å². The molecule has 0 aliphatic heterocycles. The minimum Gasteiger partial charge on any atom is -0.759 e. The van der Waals surface area contributed by atoms with Crippen LogP contribution in [0.15, 0.2) is 0 Å². The van der Waals surface area contributed by atoms with E-state index in [-0.39, 0.29) is 68.2 Å². The zero-order valence-corrected chi connectivity index (χ0v) is 11.2. The number of hydrogen-bond donors (Lipinski definition) is 0. The molecule has 0 N–H and O–H groups in total. The van der Waals surface area contributed by atoms with Gasteiger partial charge in [-0.05, 0) is 0 Å². The molecule has 8 nitrogen and oxygen atoms in total. The Bertz CT molecular complexity index is 213. The summed E-state index contributed by atoms with van der Waals surface area (Å²) in [7, 11) is -10.3. The molecule has 0 aromatic carbocycles. The van der Waals surface area contributed by atoms with Gasteiger partial charge in [0.25, 0.3) is 0 Å². The Labute approximate surface area is 122 Å². The van der Waals surface area contributed by atoms with Gasteiger partial charge < -0.3 is 18.2 Å². The van der Waals surface area contributed by atoms with Gasteiger partial charge in [0.2, 0.25) is 0 Å². The van der Waals surface area contributed by atoms with Gasteiger partial charge in [0.15, 0.2) is 0 Å². The topological polar surface area (TPSA) is 161 Å². The summed E-state index contributed by atoms with van der Waals surface area (Å²) in [5.41, 5.74) is 0. The Balaban J connectivity index is -0.0000000457. The first-order chi connectivity index (χ1) is 4.00. The number of hydrogen-bond acceptors (Lipinski definition) is 8. The van der Waals surface area contributed by atoms with Crippen molar-refractivity contribution in [1.82, 2.24) is 0 Å². The van der Waals surface area contributed by atoms with Crippen molar-refractivity contribution >= 4 is 20.8 Å². The van der Waals surface area contributed by atoms with E-state index in [1.54, 1.807) is 0 Å². The van der Waals surface area contributed by atoms with Crippen molar-refractivity contribution in [2.75, 3.05) is 0 Å². The Hall–Kier alpha value is 1.88. The van der Waals surface area contributed by atoms with E-state index in [4.69, 9.17) is 35.0 Å². The van der Waals surface area contributed by atoms with E-state index in [1.807, 2.05) is 0 Å². The van der Waals surface area contributed by atoms with E-state index in [0.717, 1.165) is 0 Å². The molecule has 0 bridgehead atoms. The van der Waals surface area contributed by atoms with Crippen molar-refractivity contribution < 1.29 is 103 Å². The van der Waals surface area contributed by atoms with E-state index >= 15 is 0 Å². The van der Waals surface area contributed by atoms with Crippen molar-refractivity contribution in [3.8, 4) is 0 Å². The third-order valence-corrected chi connectivity index (χ3v) is 0. The van der Waals surface area contributed by atoms with Gasteiger partial charge in [-0.15, -0.1) is 0 Å². The monoisotopic (exact) mass is 290 g/mol. The standard InChI is InChI=1S/Co.K.2H2O4S/c;;2*1-5(2,3)4/h;;2*(H2,1,2,3,4)/q+2;+1;;/p-4. The molecule has 0 saturated carbocycles. The molecule has 12 heteroatoms. The van der Waals surface area contributed by atoms with Gasteiger partial charge in [0.05, 0.1) is 0 Å². The summed E-state index contributed by atoms with van der Waals surface area (Å²) < 4.78 is 68.2. The molecule has 0 aromatic heterocycles. The largest absolute Gasteiger partial charge is 2.00 e. The smallest absolute Gasteiger partial charge is 0.759 e. The molecule has 0 spiro atoms.